The summed E-state index contributed by atoms with van der Waals surface area (Å²) >= 11 is 5.19. The zero-order valence-corrected chi connectivity index (χ0v) is 5.18. The van der Waals surface area contributed by atoms with Gasteiger partial charge in [-0.05, 0) is 0 Å². The number of methoxy groups -OCH3 is 1. The molecule has 0 aliphatic carbocycles. The molecule has 1 N–H and O–H groups in total. The SMILES string of the molecule is COC[C@@H](Cl)C(=O)O. The van der Waals surface area contributed by atoms with E-state index in [1.54, 1.807) is 0 Å². The molecule has 0 unspecified atom stereocenters. The Hall–Kier alpha value is -0.280. The number of carbonyl (C=O) groups is 1. The van der Waals surface area contributed by atoms with Crippen molar-refractivity contribution < 1.29 is 14.6 Å². The maximum atomic E-state index is 9.88. The molecule has 0 radical (unpaired) electrons. The third kappa shape index (κ3) is 2.82. The molecule has 0 aromatic carbocycles. The monoisotopic (exact) mass is 138 g/mol. The van der Waals surface area contributed by atoms with Crippen molar-refractivity contribution in [2.24, 2.45) is 0 Å². The molecule has 0 aromatic rings. The summed E-state index contributed by atoms with van der Waals surface area (Å²) in [5.41, 5.74) is 0. The van der Waals surface area contributed by atoms with E-state index in [4.69, 9.17) is 16.7 Å². The lowest BCUT2D eigenvalue weighted by molar-refractivity contribution is -0.137. The molecule has 0 aliphatic rings. The fourth-order valence-electron chi connectivity index (χ4n) is 0.218. The Bertz CT molecular complexity index is 83.4. The number of carboxylic acids is 1. The Balaban J connectivity index is 3.32. The molecular weight excluding hydrogens is 131 g/mol. The molecule has 0 aromatic heterocycles. The summed E-state index contributed by atoms with van der Waals surface area (Å²) in [5, 5.41) is 7.18. The first kappa shape index (κ1) is 7.72. The van der Waals surface area contributed by atoms with Gasteiger partial charge in [0.25, 0.3) is 0 Å². The van der Waals surface area contributed by atoms with E-state index in [1.165, 1.54) is 7.11 Å². The van der Waals surface area contributed by atoms with E-state index in [-0.39, 0.29) is 6.61 Å². The third-order valence-corrected chi connectivity index (χ3v) is 0.894. The highest BCUT2D eigenvalue weighted by Gasteiger charge is 2.11. The topological polar surface area (TPSA) is 46.5 Å². The second-order valence-electron chi connectivity index (χ2n) is 1.26. The van der Waals surface area contributed by atoms with Crippen LogP contribution in [-0.2, 0) is 9.53 Å². The van der Waals surface area contributed by atoms with Gasteiger partial charge in [0, 0.05) is 7.11 Å². The Morgan fingerprint density at radius 3 is 2.62 bits per heavy atom. The largest absolute Gasteiger partial charge is 0.480 e. The lowest BCUT2D eigenvalue weighted by Gasteiger charge is -1.98. The van der Waals surface area contributed by atoms with Gasteiger partial charge in [0.15, 0.2) is 5.38 Å². The predicted octanol–water partition coefficient (Wildman–Crippen LogP) is 0.325. The van der Waals surface area contributed by atoms with E-state index in [9.17, 15) is 4.79 Å². The van der Waals surface area contributed by atoms with Crippen molar-refractivity contribution in [2.45, 2.75) is 5.38 Å². The van der Waals surface area contributed by atoms with Crippen LogP contribution in [0.1, 0.15) is 0 Å². The van der Waals surface area contributed by atoms with Crippen molar-refractivity contribution in [3.8, 4) is 0 Å². The number of rotatable bonds is 3. The minimum Gasteiger partial charge on any atom is -0.480 e. The molecule has 0 fully saturated rings. The number of aliphatic carboxylic acids is 1. The van der Waals surface area contributed by atoms with Gasteiger partial charge in [0.05, 0.1) is 6.61 Å². The van der Waals surface area contributed by atoms with Gasteiger partial charge in [-0.15, -0.1) is 11.6 Å². The van der Waals surface area contributed by atoms with Crippen LogP contribution in [0, 0.1) is 0 Å². The zero-order chi connectivity index (χ0) is 6.57. The number of alkyl halides is 1. The quantitative estimate of drug-likeness (QED) is 0.572. The molecule has 0 bridgehead atoms. The fraction of sp³-hybridized carbons (Fsp3) is 0.750. The average Bonchev–Trinajstić information content (AvgIpc) is 1.67. The molecular formula is C4H7ClO3. The highest BCUT2D eigenvalue weighted by molar-refractivity contribution is 6.29. The smallest absolute Gasteiger partial charge is 0.324 e. The predicted molar refractivity (Wildman–Crippen MR) is 29.2 cm³/mol. The van der Waals surface area contributed by atoms with Gasteiger partial charge in [0.1, 0.15) is 0 Å². The molecule has 0 spiro atoms. The maximum Gasteiger partial charge on any atom is 0.324 e. The van der Waals surface area contributed by atoms with Crippen LogP contribution >= 0.6 is 11.6 Å². The molecule has 0 saturated heterocycles. The zero-order valence-electron chi connectivity index (χ0n) is 4.43. The van der Waals surface area contributed by atoms with Gasteiger partial charge < -0.3 is 9.84 Å². The average molecular weight is 139 g/mol. The second-order valence-corrected chi connectivity index (χ2v) is 1.79. The Kier molecular flexibility index (Phi) is 3.56. The summed E-state index contributed by atoms with van der Waals surface area (Å²) in [6, 6.07) is 0. The summed E-state index contributed by atoms with van der Waals surface area (Å²) in [7, 11) is 1.40. The minimum absolute atomic E-state index is 0.0525. The van der Waals surface area contributed by atoms with E-state index in [2.05, 4.69) is 4.74 Å². The van der Waals surface area contributed by atoms with E-state index in [0.717, 1.165) is 0 Å². The summed E-state index contributed by atoms with van der Waals surface area (Å²) in [4.78, 5) is 9.88. The summed E-state index contributed by atoms with van der Waals surface area (Å²) < 4.78 is 4.45. The van der Waals surface area contributed by atoms with Crippen LogP contribution in [0.25, 0.3) is 0 Å². The van der Waals surface area contributed by atoms with Gasteiger partial charge in [-0.25, -0.2) is 0 Å². The maximum absolute atomic E-state index is 9.88. The van der Waals surface area contributed by atoms with E-state index in [0.29, 0.717) is 0 Å². The second kappa shape index (κ2) is 3.69. The highest BCUT2D eigenvalue weighted by Crippen LogP contribution is 1.94. The first-order valence-corrected chi connectivity index (χ1v) is 2.48. The van der Waals surface area contributed by atoms with Crippen LogP contribution in [0.4, 0.5) is 0 Å². The first-order valence-electron chi connectivity index (χ1n) is 2.04. The Labute approximate surface area is 52.2 Å². The van der Waals surface area contributed by atoms with Crippen LogP contribution in [0.15, 0.2) is 0 Å². The molecule has 1 atom stereocenters. The van der Waals surface area contributed by atoms with Crippen molar-refractivity contribution in [3.63, 3.8) is 0 Å². The van der Waals surface area contributed by atoms with Crippen LogP contribution in [0.2, 0.25) is 0 Å². The fourth-order valence-corrected chi connectivity index (χ4v) is 0.344. The van der Waals surface area contributed by atoms with Gasteiger partial charge in [-0.1, -0.05) is 0 Å². The molecule has 0 amide bonds. The van der Waals surface area contributed by atoms with Crippen molar-refractivity contribution in [1.29, 1.82) is 0 Å². The van der Waals surface area contributed by atoms with Gasteiger partial charge >= 0.3 is 5.97 Å². The number of carboxylic acid groups (broad SMARTS) is 1. The molecule has 0 rings (SSSR count). The molecule has 8 heavy (non-hydrogen) atoms. The highest BCUT2D eigenvalue weighted by atomic mass is 35.5. The Morgan fingerprint density at radius 1 is 2.00 bits per heavy atom. The van der Waals surface area contributed by atoms with Crippen molar-refractivity contribution >= 4 is 17.6 Å². The van der Waals surface area contributed by atoms with Crippen molar-refractivity contribution in [2.75, 3.05) is 13.7 Å². The molecule has 0 heterocycles. The van der Waals surface area contributed by atoms with Gasteiger partial charge in [-0.3, -0.25) is 4.79 Å². The number of ether oxygens (including phenoxy) is 1. The summed E-state index contributed by atoms with van der Waals surface area (Å²) in [6.07, 6.45) is 0. The lowest BCUT2D eigenvalue weighted by atomic mass is 10.5. The molecule has 0 aliphatic heterocycles. The van der Waals surface area contributed by atoms with Gasteiger partial charge in [-0.2, -0.15) is 0 Å². The van der Waals surface area contributed by atoms with Crippen LogP contribution < -0.4 is 0 Å². The van der Waals surface area contributed by atoms with Crippen LogP contribution in [0.5, 0.6) is 0 Å². The lowest BCUT2D eigenvalue weighted by Crippen LogP contribution is -2.18. The van der Waals surface area contributed by atoms with Crippen molar-refractivity contribution in [1.82, 2.24) is 0 Å². The standard InChI is InChI=1S/C4H7ClO3/c1-8-2-3(5)4(6)7/h3H,2H2,1H3,(H,6,7)/t3-/m1/s1. The van der Waals surface area contributed by atoms with Crippen LogP contribution in [-0.4, -0.2) is 30.2 Å². The molecule has 4 heteroatoms. The number of hydrogen-bond donors (Lipinski definition) is 1. The van der Waals surface area contributed by atoms with Crippen molar-refractivity contribution in [3.05, 3.63) is 0 Å². The molecule has 3 nitrogen and oxygen atoms in total. The van der Waals surface area contributed by atoms with E-state index in [1.807, 2.05) is 0 Å². The summed E-state index contributed by atoms with van der Waals surface area (Å²) in [6.45, 7) is 0.0525. The molecule has 48 valence electrons. The minimum atomic E-state index is -1.05. The normalized spacial score (nSPS) is 13.2. The Morgan fingerprint density at radius 2 is 2.50 bits per heavy atom. The van der Waals surface area contributed by atoms with Crippen LogP contribution in [0.3, 0.4) is 0 Å². The van der Waals surface area contributed by atoms with Gasteiger partial charge in [0.2, 0.25) is 0 Å². The summed E-state index contributed by atoms with van der Waals surface area (Å²) in [5.74, 6) is -1.05. The molecule has 0 saturated carbocycles. The number of halogens is 1. The first-order chi connectivity index (χ1) is 3.68. The van der Waals surface area contributed by atoms with E-state index < -0.39 is 11.3 Å². The third-order valence-electron chi connectivity index (χ3n) is 0.581. The van der Waals surface area contributed by atoms with E-state index >= 15 is 0 Å². The number of hydrogen-bond acceptors (Lipinski definition) is 2.